The summed E-state index contributed by atoms with van der Waals surface area (Å²) < 4.78 is 0. The highest BCUT2D eigenvalue weighted by atomic mass is 32.1. The van der Waals surface area contributed by atoms with Crippen molar-refractivity contribution < 1.29 is 9.59 Å². The van der Waals surface area contributed by atoms with Gasteiger partial charge >= 0.3 is 0 Å². The van der Waals surface area contributed by atoms with Crippen LogP contribution in [-0.4, -0.2) is 53.3 Å². The van der Waals surface area contributed by atoms with Crippen LogP contribution >= 0.6 is 11.3 Å². The molecular formula is C21H28N4O2S. The van der Waals surface area contributed by atoms with E-state index in [1.165, 1.54) is 11.3 Å². The van der Waals surface area contributed by atoms with Gasteiger partial charge in [0.25, 0.3) is 5.91 Å². The lowest BCUT2D eigenvalue weighted by atomic mass is 10.1. The minimum absolute atomic E-state index is 0.00772. The Labute approximate surface area is 170 Å². The Morgan fingerprint density at radius 2 is 2.04 bits per heavy atom. The van der Waals surface area contributed by atoms with Gasteiger partial charge in [0.2, 0.25) is 5.91 Å². The van der Waals surface area contributed by atoms with Crippen molar-refractivity contribution in [2.75, 3.05) is 32.0 Å². The maximum atomic E-state index is 12.7. The fourth-order valence-electron chi connectivity index (χ4n) is 3.20. The molecule has 1 aromatic heterocycles. The third kappa shape index (κ3) is 5.39. The number of amides is 2. The van der Waals surface area contributed by atoms with E-state index in [9.17, 15) is 9.59 Å². The van der Waals surface area contributed by atoms with E-state index in [1.807, 2.05) is 42.3 Å². The molecule has 2 amide bonds. The zero-order valence-corrected chi connectivity index (χ0v) is 17.4. The van der Waals surface area contributed by atoms with Crippen molar-refractivity contribution >= 4 is 28.3 Å². The molecule has 1 aliphatic rings. The van der Waals surface area contributed by atoms with Crippen molar-refractivity contribution in [3.63, 3.8) is 0 Å². The number of aromatic nitrogens is 1. The van der Waals surface area contributed by atoms with E-state index >= 15 is 0 Å². The zero-order valence-electron chi connectivity index (χ0n) is 16.6. The minimum atomic E-state index is -0.00772. The summed E-state index contributed by atoms with van der Waals surface area (Å²) in [6, 6.07) is 9.34. The Balaban J connectivity index is 1.53. The molecule has 0 aliphatic carbocycles. The standard InChI is InChI=1S/C21H28N4O2S/c1-3-4-12-24(2)13-11-19(26)23-21-22-17-10-14-25(15-18(17)28-21)20(27)16-8-6-5-7-9-16/h5-9H,3-4,10-15H2,1-2H3,(H,22,23,26). The summed E-state index contributed by atoms with van der Waals surface area (Å²) >= 11 is 1.48. The minimum Gasteiger partial charge on any atom is -0.333 e. The van der Waals surface area contributed by atoms with Crippen molar-refractivity contribution in [2.45, 2.75) is 39.2 Å². The zero-order chi connectivity index (χ0) is 19.9. The topological polar surface area (TPSA) is 65.5 Å². The van der Waals surface area contributed by atoms with Gasteiger partial charge in [-0.2, -0.15) is 0 Å². The van der Waals surface area contributed by atoms with Gasteiger partial charge in [0.05, 0.1) is 12.2 Å². The molecule has 3 rings (SSSR count). The molecule has 2 aromatic rings. The predicted molar refractivity (Wildman–Crippen MR) is 113 cm³/mol. The summed E-state index contributed by atoms with van der Waals surface area (Å²) in [6.07, 6.45) is 3.49. The molecule has 7 heteroatoms. The van der Waals surface area contributed by atoms with Gasteiger partial charge in [-0.05, 0) is 32.1 Å². The van der Waals surface area contributed by atoms with Crippen LogP contribution in [0.4, 0.5) is 5.13 Å². The predicted octanol–water partition coefficient (Wildman–Crippen LogP) is 3.40. The summed E-state index contributed by atoms with van der Waals surface area (Å²) in [7, 11) is 2.05. The smallest absolute Gasteiger partial charge is 0.254 e. The average molecular weight is 401 g/mol. The monoisotopic (exact) mass is 400 g/mol. The average Bonchev–Trinajstić information content (AvgIpc) is 3.12. The molecular weight excluding hydrogens is 372 g/mol. The molecule has 0 atom stereocenters. The summed E-state index contributed by atoms with van der Waals surface area (Å²) in [5.41, 5.74) is 1.70. The first-order valence-corrected chi connectivity index (χ1v) is 10.7. The maximum Gasteiger partial charge on any atom is 0.254 e. The van der Waals surface area contributed by atoms with Gasteiger partial charge in [0, 0.05) is 36.4 Å². The molecule has 6 nitrogen and oxygen atoms in total. The van der Waals surface area contributed by atoms with E-state index in [1.54, 1.807) is 0 Å². The first kappa shape index (κ1) is 20.5. The number of hydrogen-bond donors (Lipinski definition) is 1. The van der Waals surface area contributed by atoms with E-state index in [0.29, 0.717) is 30.2 Å². The molecule has 2 heterocycles. The van der Waals surface area contributed by atoms with E-state index in [0.717, 1.165) is 42.9 Å². The summed E-state index contributed by atoms with van der Waals surface area (Å²) in [4.78, 5) is 34.5. The number of thiazole rings is 1. The molecule has 1 N–H and O–H groups in total. The number of nitrogens with zero attached hydrogens (tertiary/aromatic N) is 3. The van der Waals surface area contributed by atoms with Gasteiger partial charge in [-0.3, -0.25) is 9.59 Å². The number of carbonyl (C=O) groups excluding carboxylic acids is 2. The number of anilines is 1. The number of hydrogen-bond acceptors (Lipinski definition) is 5. The van der Waals surface area contributed by atoms with Crippen LogP contribution in [0.5, 0.6) is 0 Å². The highest BCUT2D eigenvalue weighted by Gasteiger charge is 2.25. The van der Waals surface area contributed by atoms with Crippen LogP contribution in [0.1, 0.15) is 47.1 Å². The lowest BCUT2D eigenvalue weighted by Gasteiger charge is -2.26. The number of rotatable bonds is 8. The number of benzene rings is 1. The van der Waals surface area contributed by atoms with Crippen LogP contribution in [0, 0.1) is 0 Å². The molecule has 28 heavy (non-hydrogen) atoms. The van der Waals surface area contributed by atoms with E-state index in [4.69, 9.17) is 0 Å². The molecule has 0 bridgehead atoms. The molecule has 1 aromatic carbocycles. The first-order chi connectivity index (χ1) is 13.6. The van der Waals surface area contributed by atoms with Gasteiger partial charge in [-0.15, -0.1) is 0 Å². The fraction of sp³-hybridized carbons (Fsp3) is 0.476. The van der Waals surface area contributed by atoms with E-state index in [-0.39, 0.29) is 11.8 Å². The lowest BCUT2D eigenvalue weighted by molar-refractivity contribution is -0.116. The van der Waals surface area contributed by atoms with E-state index < -0.39 is 0 Å². The second-order valence-electron chi connectivity index (χ2n) is 7.19. The van der Waals surface area contributed by atoms with Crippen LogP contribution in [-0.2, 0) is 17.8 Å². The van der Waals surface area contributed by atoms with Gasteiger partial charge in [0.15, 0.2) is 5.13 Å². The largest absolute Gasteiger partial charge is 0.333 e. The molecule has 0 saturated heterocycles. The van der Waals surface area contributed by atoms with Gasteiger partial charge in [-0.25, -0.2) is 4.98 Å². The Kier molecular flexibility index (Phi) is 7.17. The van der Waals surface area contributed by atoms with Crippen molar-refractivity contribution in [1.29, 1.82) is 0 Å². The number of unbranched alkanes of at least 4 members (excludes halogenated alkanes) is 1. The molecule has 150 valence electrons. The molecule has 0 saturated carbocycles. The third-order valence-electron chi connectivity index (χ3n) is 4.90. The summed E-state index contributed by atoms with van der Waals surface area (Å²) in [5.74, 6) is 0.0343. The van der Waals surface area contributed by atoms with Gasteiger partial charge in [0.1, 0.15) is 0 Å². The molecule has 0 spiro atoms. The Morgan fingerprint density at radius 3 is 2.79 bits per heavy atom. The number of carbonyl (C=O) groups is 2. The Hall–Kier alpha value is -2.25. The second-order valence-corrected chi connectivity index (χ2v) is 8.27. The Bertz CT molecular complexity index is 806. The lowest BCUT2D eigenvalue weighted by Crippen LogP contribution is -2.35. The van der Waals surface area contributed by atoms with Gasteiger partial charge < -0.3 is 15.1 Å². The van der Waals surface area contributed by atoms with Crippen molar-refractivity contribution in [2.24, 2.45) is 0 Å². The maximum absolute atomic E-state index is 12.7. The van der Waals surface area contributed by atoms with E-state index in [2.05, 4.69) is 22.1 Å². The highest BCUT2D eigenvalue weighted by Crippen LogP contribution is 2.29. The Morgan fingerprint density at radius 1 is 1.25 bits per heavy atom. The van der Waals surface area contributed by atoms with Crippen LogP contribution in [0.3, 0.4) is 0 Å². The van der Waals surface area contributed by atoms with Crippen LogP contribution < -0.4 is 5.32 Å². The van der Waals surface area contributed by atoms with Crippen molar-refractivity contribution in [3.8, 4) is 0 Å². The van der Waals surface area contributed by atoms with Crippen LogP contribution in [0.2, 0.25) is 0 Å². The quantitative estimate of drug-likeness (QED) is 0.738. The molecule has 1 aliphatic heterocycles. The SMILES string of the molecule is CCCCN(C)CCC(=O)Nc1nc2c(s1)CN(C(=O)c1ccccc1)CC2. The normalized spacial score (nSPS) is 13.5. The first-order valence-electron chi connectivity index (χ1n) is 9.88. The molecule has 0 unspecified atom stereocenters. The summed E-state index contributed by atoms with van der Waals surface area (Å²) in [6.45, 7) is 5.13. The number of fused-ring (bicyclic) bond motifs is 1. The van der Waals surface area contributed by atoms with Crippen LogP contribution in [0.25, 0.3) is 0 Å². The molecule has 0 fully saturated rings. The third-order valence-corrected chi connectivity index (χ3v) is 5.90. The fourth-order valence-corrected chi connectivity index (χ4v) is 4.24. The number of nitrogens with one attached hydrogen (secondary N) is 1. The summed E-state index contributed by atoms with van der Waals surface area (Å²) in [5, 5.41) is 3.56. The van der Waals surface area contributed by atoms with Crippen LogP contribution in [0.15, 0.2) is 30.3 Å². The van der Waals surface area contributed by atoms with Crippen molar-refractivity contribution in [1.82, 2.24) is 14.8 Å². The second kappa shape index (κ2) is 9.80. The van der Waals surface area contributed by atoms with Gasteiger partial charge in [-0.1, -0.05) is 42.9 Å². The highest BCUT2D eigenvalue weighted by molar-refractivity contribution is 7.15. The molecule has 0 radical (unpaired) electrons. The van der Waals surface area contributed by atoms with Crippen molar-refractivity contribution in [3.05, 3.63) is 46.5 Å².